The van der Waals surface area contributed by atoms with E-state index < -0.39 is 5.97 Å². The fourth-order valence-corrected chi connectivity index (χ4v) is 7.02. The zero-order valence-corrected chi connectivity index (χ0v) is 19.4. The number of carbonyl (C=O) groups is 2. The fourth-order valence-electron chi connectivity index (χ4n) is 6.82. The first-order valence-electron chi connectivity index (χ1n) is 11.9. The Labute approximate surface area is 199 Å². The zero-order chi connectivity index (χ0) is 23.0. The Hall–Kier alpha value is -2.53. The largest absolute Gasteiger partial charge is 0.492 e. The van der Waals surface area contributed by atoms with Crippen molar-refractivity contribution in [2.75, 3.05) is 13.2 Å². The Morgan fingerprint density at radius 1 is 1.03 bits per heavy atom. The number of hydrogen-bond acceptors (Lipinski definition) is 3. The summed E-state index contributed by atoms with van der Waals surface area (Å²) in [4.78, 5) is 24.0. The van der Waals surface area contributed by atoms with Crippen LogP contribution in [0.4, 0.5) is 0 Å². The Balaban J connectivity index is 1.31. The summed E-state index contributed by atoms with van der Waals surface area (Å²) in [6, 6.07) is 12.8. The predicted octanol–water partition coefficient (Wildman–Crippen LogP) is 5.81. The zero-order valence-electron chi connectivity index (χ0n) is 18.7. The van der Waals surface area contributed by atoms with Crippen molar-refractivity contribution in [3.8, 4) is 16.9 Å². The lowest BCUT2D eigenvalue weighted by molar-refractivity contribution is -0.137. The maximum absolute atomic E-state index is 13.2. The lowest BCUT2D eigenvalue weighted by Gasteiger charge is -2.56. The van der Waals surface area contributed by atoms with E-state index >= 15 is 0 Å². The number of rotatable bonds is 8. The monoisotopic (exact) mass is 467 g/mol. The van der Waals surface area contributed by atoms with Gasteiger partial charge in [-0.1, -0.05) is 35.9 Å². The highest BCUT2D eigenvalue weighted by molar-refractivity contribution is 6.34. The Bertz CT molecular complexity index is 1030. The molecule has 4 aliphatic rings. The number of nitrogens with one attached hydrogen (secondary N) is 1. The van der Waals surface area contributed by atoms with Gasteiger partial charge in [0.15, 0.2) is 0 Å². The molecule has 2 N–H and O–H groups in total. The molecular formula is C27H30ClNO4. The second kappa shape index (κ2) is 9.02. The highest BCUT2D eigenvalue weighted by Crippen LogP contribution is 2.59. The third-order valence-corrected chi connectivity index (χ3v) is 8.10. The van der Waals surface area contributed by atoms with Crippen LogP contribution in [0, 0.1) is 23.2 Å². The molecule has 6 rings (SSSR count). The number of halogens is 1. The minimum atomic E-state index is -0.906. The van der Waals surface area contributed by atoms with E-state index in [0.717, 1.165) is 35.4 Å². The number of amides is 1. The minimum absolute atomic E-state index is 0.0765. The molecule has 6 heteroatoms. The maximum Gasteiger partial charge on any atom is 0.306 e. The van der Waals surface area contributed by atoms with Gasteiger partial charge in [0.2, 0.25) is 0 Å². The fraction of sp³-hybridized carbons (Fsp3) is 0.481. The number of benzene rings is 2. The molecule has 4 saturated carbocycles. The van der Waals surface area contributed by atoms with Crippen molar-refractivity contribution in [2.45, 2.75) is 44.9 Å². The molecule has 2 aromatic carbocycles. The maximum atomic E-state index is 13.2. The summed E-state index contributed by atoms with van der Waals surface area (Å²) in [5.74, 6) is 2.08. The molecule has 2 aromatic rings. The standard InChI is InChI=1S/C27H30ClNO4/c28-23-6-5-20(21-3-1-2-4-24(21)33-8-7-25(30)31)12-22(23)26(32)29-16-27-13-17-9-18(14-27)11-19(10-17)15-27/h1-6,12,17-19H,7-11,13-16H2,(H,29,32)(H,30,31). The Kier molecular flexibility index (Phi) is 6.09. The van der Waals surface area contributed by atoms with Crippen molar-refractivity contribution >= 4 is 23.5 Å². The van der Waals surface area contributed by atoms with Gasteiger partial charge in [-0.3, -0.25) is 9.59 Å². The molecule has 174 valence electrons. The van der Waals surface area contributed by atoms with Gasteiger partial charge in [-0.2, -0.15) is 0 Å². The summed E-state index contributed by atoms with van der Waals surface area (Å²) in [5, 5.41) is 12.5. The molecule has 0 unspecified atom stereocenters. The van der Waals surface area contributed by atoms with Gasteiger partial charge in [-0.25, -0.2) is 0 Å². The quantitative estimate of drug-likeness (QED) is 0.514. The van der Waals surface area contributed by atoms with Gasteiger partial charge in [-0.15, -0.1) is 0 Å². The highest BCUT2D eigenvalue weighted by Gasteiger charge is 2.50. The van der Waals surface area contributed by atoms with E-state index in [2.05, 4.69) is 5.32 Å². The van der Waals surface area contributed by atoms with E-state index in [-0.39, 0.29) is 24.3 Å². The van der Waals surface area contributed by atoms with E-state index in [1.165, 1.54) is 38.5 Å². The van der Waals surface area contributed by atoms with Crippen LogP contribution in [0.3, 0.4) is 0 Å². The topological polar surface area (TPSA) is 75.6 Å². The smallest absolute Gasteiger partial charge is 0.306 e. The van der Waals surface area contributed by atoms with E-state index in [4.69, 9.17) is 21.4 Å². The van der Waals surface area contributed by atoms with Crippen LogP contribution in [-0.2, 0) is 4.79 Å². The van der Waals surface area contributed by atoms with Crippen molar-refractivity contribution in [3.05, 3.63) is 53.1 Å². The van der Waals surface area contributed by atoms with Crippen LogP contribution in [0.15, 0.2) is 42.5 Å². The number of hydrogen-bond donors (Lipinski definition) is 2. The van der Waals surface area contributed by atoms with Gasteiger partial charge in [0, 0.05) is 12.1 Å². The molecule has 1 amide bonds. The summed E-state index contributed by atoms with van der Waals surface area (Å²) in [6.07, 6.45) is 7.81. The second-order valence-electron chi connectivity index (χ2n) is 10.3. The molecule has 4 fully saturated rings. The predicted molar refractivity (Wildman–Crippen MR) is 128 cm³/mol. The van der Waals surface area contributed by atoms with Crippen molar-refractivity contribution in [1.82, 2.24) is 5.32 Å². The molecule has 4 aliphatic carbocycles. The number of carbonyl (C=O) groups excluding carboxylic acids is 1. The minimum Gasteiger partial charge on any atom is -0.492 e. The van der Waals surface area contributed by atoms with Gasteiger partial charge in [0.05, 0.1) is 23.6 Å². The van der Waals surface area contributed by atoms with Gasteiger partial charge in [0.1, 0.15) is 5.75 Å². The van der Waals surface area contributed by atoms with Crippen LogP contribution in [-0.4, -0.2) is 30.1 Å². The van der Waals surface area contributed by atoms with Crippen molar-refractivity contribution < 1.29 is 19.4 Å². The molecule has 33 heavy (non-hydrogen) atoms. The van der Waals surface area contributed by atoms with Gasteiger partial charge in [-0.05, 0) is 85.5 Å². The molecule has 4 bridgehead atoms. The number of aliphatic carboxylic acids is 1. The van der Waals surface area contributed by atoms with Crippen LogP contribution in [0.5, 0.6) is 5.75 Å². The molecule has 5 nitrogen and oxygen atoms in total. The summed E-state index contributed by atoms with van der Waals surface area (Å²) in [5.41, 5.74) is 2.33. The first kappa shape index (κ1) is 22.3. The highest BCUT2D eigenvalue weighted by atomic mass is 35.5. The van der Waals surface area contributed by atoms with Crippen molar-refractivity contribution in [2.24, 2.45) is 23.2 Å². The SMILES string of the molecule is O=C(O)CCOc1ccccc1-c1ccc(Cl)c(C(=O)NCC23CC4CC(CC(C4)C2)C3)c1. The van der Waals surface area contributed by atoms with Gasteiger partial charge >= 0.3 is 5.97 Å². The van der Waals surface area contributed by atoms with Crippen LogP contribution in [0.25, 0.3) is 11.1 Å². The molecule has 0 aliphatic heterocycles. The average Bonchev–Trinajstić information content (AvgIpc) is 2.77. The van der Waals surface area contributed by atoms with Crippen molar-refractivity contribution in [3.63, 3.8) is 0 Å². The molecule has 0 saturated heterocycles. The van der Waals surface area contributed by atoms with Crippen LogP contribution in [0.1, 0.15) is 55.3 Å². The van der Waals surface area contributed by atoms with E-state index in [1.807, 2.05) is 24.3 Å². The summed E-state index contributed by atoms with van der Waals surface area (Å²) in [6.45, 7) is 0.809. The third-order valence-electron chi connectivity index (χ3n) is 7.77. The van der Waals surface area contributed by atoms with Gasteiger partial charge < -0.3 is 15.2 Å². The first-order chi connectivity index (χ1) is 15.9. The summed E-state index contributed by atoms with van der Waals surface area (Å²) < 4.78 is 5.70. The third kappa shape index (κ3) is 4.74. The Morgan fingerprint density at radius 2 is 1.70 bits per heavy atom. The number of para-hydroxylation sites is 1. The van der Waals surface area contributed by atoms with E-state index in [0.29, 0.717) is 16.3 Å². The lowest BCUT2D eigenvalue weighted by Crippen LogP contribution is -2.51. The number of carboxylic acids is 1. The molecule has 0 heterocycles. The molecule has 0 aromatic heterocycles. The van der Waals surface area contributed by atoms with E-state index in [9.17, 15) is 9.59 Å². The summed E-state index contributed by atoms with van der Waals surface area (Å²) >= 11 is 6.43. The molecule has 0 radical (unpaired) electrons. The summed E-state index contributed by atoms with van der Waals surface area (Å²) in [7, 11) is 0. The number of carboxylic acid groups (broad SMARTS) is 1. The van der Waals surface area contributed by atoms with Crippen LogP contribution < -0.4 is 10.1 Å². The Morgan fingerprint density at radius 3 is 2.36 bits per heavy atom. The second-order valence-corrected chi connectivity index (χ2v) is 10.7. The van der Waals surface area contributed by atoms with Crippen LogP contribution in [0.2, 0.25) is 5.02 Å². The van der Waals surface area contributed by atoms with Gasteiger partial charge in [0.25, 0.3) is 5.91 Å². The normalized spacial score (nSPS) is 27.4. The lowest BCUT2D eigenvalue weighted by atomic mass is 9.49. The van der Waals surface area contributed by atoms with E-state index in [1.54, 1.807) is 18.2 Å². The first-order valence-corrected chi connectivity index (χ1v) is 12.3. The van der Waals surface area contributed by atoms with Crippen molar-refractivity contribution in [1.29, 1.82) is 0 Å². The molecular weight excluding hydrogens is 438 g/mol. The number of ether oxygens (including phenoxy) is 1. The average molecular weight is 468 g/mol. The molecule has 0 spiro atoms. The van der Waals surface area contributed by atoms with Crippen LogP contribution >= 0.6 is 11.6 Å². The molecule has 0 atom stereocenters.